The van der Waals surface area contributed by atoms with E-state index in [0.29, 0.717) is 5.56 Å². The molecular weight excluding hydrogens is 394 g/mol. The third-order valence-corrected chi connectivity index (χ3v) is 2.59. The van der Waals surface area contributed by atoms with Crippen molar-refractivity contribution in [2.24, 2.45) is 0 Å². The van der Waals surface area contributed by atoms with Gasteiger partial charge in [-0.1, -0.05) is 46.9 Å². The Balaban J connectivity index is 2.69. The molecule has 1 aromatic carbocycles. The van der Waals surface area contributed by atoms with Gasteiger partial charge in [-0.2, -0.15) is 4.89 Å². The standard InChI is InChI=1S/C13H10Cl4O6/c1-20-10-6-8(3-5-11(14)18)2-4-9(10)22-12(19)23-21-7-13(15,16)17/h2-6H,7H2,1H3/b5-3+. The lowest BCUT2D eigenvalue weighted by molar-refractivity contribution is -0.247. The van der Waals surface area contributed by atoms with Crippen molar-refractivity contribution >= 4 is 63.9 Å². The third-order valence-electron chi connectivity index (χ3n) is 2.14. The number of ether oxygens (including phenoxy) is 2. The summed E-state index contributed by atoms with van der Waals surface area (Å²) in [6, 6.07) is 4.50. The fraction of sp³-hybridized carbons (Fsp3) is 0.231. The molecule has 0 aliphatic rings. The number of halogens is 4. The molecule has 0 N–H and O–H groups in total. The Kier molecular flexibility index (Phi) is 7.94. The van der Waals surface area contributed by atoms with E-state index in [4.69, 9.17) is 55.9 Å². The van der Waals surface area contributed by atoms with Crippen LogP contribution in [0.2, 0.25) is 0 Å². The number of alkyl halides is 3. The molecule has 1 rings (SSSR count). The lowest BCUT2D eigenvalue weighted by Crippen LogP contribution is -2.18. The van der Waals surface area contributed by atoms with Crippen molar-refractivity contribution in [3.05, 3.63) is 29.8 Å². The van der Waals surface area contributed by atoms with Gasteiger partial charge >= 0.3 is 6.16 Å². The normalized spacial score (nSPS) is 11.3. The van der Waals surface area contributed by atoms with Crippen LogP contribution in [0.25, 0.3) is 6.08 Å². The zero-order chi connectivity index (χ0) is 17.5. The van der Waals surface area contributed by atoms with E-state index < -0.39 is 21.8 Å². The molecule has 0 spiro atoms. The number of carbonyl (C=O) groups is 2. The van der Waals surface area contributed by atoms with E-state index in [1.165, 1.54) is 25.3 Å². The van der Waals surface area contributed by atoms with Crippen LogP contribution in [0.4, 0.5) is 4.79 Å². The van der Waals surface area contributed by atoms with E-state index in [9.17, 15) is 9.59 Å². The second-order valence-corrected chi connectivity index (χ2v) is 6.75. The molecule has 0 aromatic heterocycles. The second kappa shape index (κ2) is 9.20. The Morgan fingerprint density at radius 1 is 1.22 bits per heavy atom. The van der Waals surface area contributed by atoms with Gasteiger partial charge in [0.15, 0.2) is 11.5 Å². The molecule has 0 heterocycles. The molecule has 0 aliphatic heterocycles. The van der Waals surface area contributed by atoms with Crippen LogP contribution in [-0.2, 0) is 14.6 Å². The van der Waals surface area contributed by atoms with Crippen molar-refractivity contribution in [1.82, 2.24) is 0 Å². The van der Waals surface area contributed by atoms with Crippen molar-refractivity contribution in [3.8, 4) is 11.5 Å². The van der Waals surface area contributed by atoms with E-state index >= 15 is 0 Å². The van der Waals surface area contributed by atoms with Crippen LogP contribution in [0.1, 0.15) is 5.56 Å². The molecule has 23 heavy (non-hydrogen) atoms. The minimum Gasteiger partial charge on any atom is -0.493 e. The van der Waals surface area contributed by atoms with Crippen LogP contribution >= 0.6 is 46.4 Å². The summed E-state index contributed by atoms with van der Waals surface area (Å²) in [5, 5.41) is -0.626. The van der Waals surface area contributed by atoms with Gasteiger partial charge in [-0.3, -0.25) is 9.68 Å². The molecule has 0 unspecified atom stereocenters. The van der Waals surface area contributed by atoms with E-state index in [1.807, 2.05) is 0 Å². The van der Waals surface area contributed by atoms with Crippen LogP contribution in [0.15, 0.2) is 24.3 Å². The van der Waals surface area contributed by atoms with Crippen molar-refractivity contribution in [2.45, 2.75) is 3.79 Å². The predicted molar refractivity (Wildman–Crippen MR) is 86.2 cm³/mol. The molecular formula is C13H10Cl4O6. The summed E-state index contributed by atoms with van der Waals surface area (Å²) in [7, 11) is 1.37. The Morgan fingerprint density at radius 3 is 2.48 bits per heavy atom. The fourth-order valence-corrected chi connectivity index (χ4v) is 1.48. The Labute approximate surface area is 151 Å². The number of methoxy groups -OCH3 is 1. The SMILES string of the molecule is COc1cc(/C=C/C(=O)Cl)ccc1OC(=O)OOCC(Cl)(Cl)Cl. The summed E-state index contributed by atoms with van der Waals surface area (Å²) in [6.07, 6.45) is 1.44. The minimum atomic E-state index is -1.73. The molecule has 1 aromatic rings. The van der Waals surface area contributed by atoms with E-state index in [1.54, 1.807) is 6.07 Å². The van der Waals surface area contributed by atoms with E-state index in [2.05, 4.69) is 9.78 Å². The van der Waals surface area contributed by atoms with Gasteiger partial charge in [0.1, 0.15) is 6.61 Å². The van der Waals surface area contributed by atoms with Gasteiger partial charge in [0.2, 0.25) is 9.03 Å². The van der Waals surface area contributed by atoms with Crippen molar-refractivity contribution in [3.63, 3.8) is 0 Å². The summed E-state index contributed by atoms with van der Waals surface area (Å²) in [5.74, 6) is 0.275. The molecule has 0 saturated carbocycles. The molecule has 0 atom stereocenters. The Bertz CT molecular complexity index is 597. The highest BCUT2D eigenvalue weighted by Gasteiger charge is 2.22. The van der Waals surface area contributed by atoms with E-state index in [-0.39, 0.29) is 11.5 Å². The van der Waals surface area contributed by atoms with Gasteiger partial charge < -0.3 is 9.47 Å². The lowest BCUT2D eigenvalue weighted by Gasteiger charge is -2.11. The molecule has 0 fully saturated rings. The Morgan fingerprint density at radius 2 is 1.91 bits per heavy atom. The van der Waals surface area contributed by atoms with Gasteiger partial charge in [0, 0.05) is 0 Å². The maximum absolute atomic E-state index is 11.4. The number of rotatable bonds is 6. The quantitative estimate of drug-likeness (QED) is 0.134. The smallest absolute Gasteiger partial charge is 0.493 e. The second-order valence-electron chi connectivity index (χ2n) is 3.86. The Hall–Kier alpha value is -1.18. The molecule has 0 saturated heterocycles. The summed E-state index contributed by atoms with van der Waals surface area (Å²) < 4.78 is 8.21. The molecule has 0 aliphatic carbocycles. The highest BCUT2D eigenvalue weighted by atomic mass is 35.6. The van der Waals surface area contributed by atoms with Gasteiger partial charge in [-0.25, -0.2) is 4.79 Å². The number of hydrogen-bond acceptors (Lipinski definition) is 6. The molecule has 126 valence electrons. The molecule has 0 amide bonds. The molecule has 0 radical (unpaired) electrons. The molecule has 10 heteroatoms. The average Bonchev–Trinajstić information content (AvgIpc) is 2.44. The van der Waals surface area contributed by atoms with E-state index in [0.717, 1.165) is 6.08 Å². The van der Waals surface area contributed by atoms with Gasteiger partial charge in [0.25, 0.3) is 0 Å². The average molecular weight is 404 g/mol. The van der Waals surface area contributed by atoms with Gasteiger partial charge in [-0.15, -0.1) is 0 Å². The maximum Gasteiger partial charge on any atom is 0.546 e. The van der Waals surface area contributed by atoms with Crippen LogP contribution in [-0.4, -0.2) is 28.9 Å². The highest BCUT2D eigenvalue weighted by Crippen LogP contribution is 2.29. The molecule has 6 nitrogen and oxygen atoms in total. The summed E-state index contributed by atoms with van der Waals surface area (Å²) in [4.78, 5) is 30.8. The van der Waals surface area contributed by atoms with Crippen molar-refractivity contribution in [1.29, 1.82) is 0 Å². The molecule has 0 bridgehead atoms. The van der Waals surface area contributed by atoms with Crippen LogP contribution in [0, 0.1) is 0 Å². The third kappa shape index (κ3) is 8.29. The number of carbonyl (C=O) groups excluding carboxylic acids is 2. The first-order valence-corrected chi connectivity index (χ1v) is 7.36. The van der Waals surface area contributed by atoms with Crippen LogP contribution in [0.5, 0.6) is 11.5 Å². The zero-order valence-corrected chi connectivity index (χ0v) is 14.6. The minimum absolute atomic E-state index is 0.0596. The van der Waals surface area contributed by atoms with Gasteiger partial charge in [0.05, 0.1) is 7.11 Å². The first-order valence-electron chi connectivity index (χ1n) is 5.85. The number of allylic oxidation sites excluding steroid dienone is 1. The highest BCUT2D eigenvalue weighted by molar-refractivity contribution is 6.67. The number of benzene rings is 1. The van der Waals surface area contributed by atoms with Crippen molar-refractivity contribution < 1.29 is 28.8 Å². The first kappa shape index (κ1) is 19.9. The summed E-state index contributed by atoms with van der Waals surface area (Å²) in [6.45, 7) is -0.472. The fourth-order valence-electron chi connectivity index (χ4n) is 1.29. The predicted octanol–water partition coefficient (Wildman–Crippen LogP) is 4.29. The number of hydrogen-bond donors (Lipinski definition) is 0. The largest absolute Gasteiger partial charge is 0.546 e. The van der Waals surface area contributed by atoms with Crippen LogP contribution in [0.3, 0.4) is 0 Å². The summed E-state index contributed by atoms with van der Waals surface area (Å²) in [5.41, 5.74) is 0.601. The monoisotopic (exact) mass is 402 g/mol. The zero-order valence-electron chi connectivity index (χ0n) is 11.6. The maximum atomic E-state index is 11.4. The van der Waals surface area contributed by atoms with Crippen LogP contribution < -0.4 is 9.47 Å². The van der Waals surface area contributed by atoms with Crippen molar-refractivity contribution in [2.75, 3.05) is 13.7 Å². The van der Waals surface area contributed by atoms with Gasteiger partial charge in [-0.05, 0) is 35.4 Å². The lowest BCUT2D eigenvalue weighted by atomic mass is 10.2. The topological polar surface area (TPSA) is 71.1 Å². The first-order chi connectivity index (χ1) is 10.7. The summed E-state index contributed by atoms with van der Waals surface area (Å²) >= 11 is 21.4.